The molecule has 1 fully saturated rings. The molecule has 0 radical (unpaired) electrons. The molecule has 1 aliphatic rings. The van der Waals surface area contributed by atoms with Gasteiger partial charge < -0.3 is 46.9 Å². The van der Waals surface area contributed by atoms with Crippen LogP contribution in [0.4, 0.5) is 4.79 Å². The number of carbonyl (C=O) groups is 3. The SMILES string of the molecule is CCC(O)C1[C@H](N)[C@@H](NC(C)=O)[C@@H](OC(=O)NCCCCCCN)OC1(C(=O)O)C(O)CC. The maximum atomic E-state index is 12.4. The van der Waals surface area contributed by atoms with Crippen LogP contribution >= 0.6 is 0 Å². The lowest BCUT2D eigenvalue weighted by molar-refractivity contribution is -0.288. The molecule has 4 unspecified atom stereocenters. The van der Waals surface area contributed by atoms with Crippen molar-refractivity contribution in [1.29, 1.82) is 0 Å². The number of hydrogen-bond donors (Lipinski definition) is 7. The quantitative estimate of drug-likeness (QED) is 0.168. The van der Waals surface area contributed by atoms with Gasteiger partial charge in [-0.05, 0) is 32.2 Å². The molecule has 1 rings (SSSR count). The van der Waals surface area contributed by atoms with Gasteiger partial charge in [-0.25, -0.2) is 9.59 Å². The highest BCUT2D eigenvalue weighted by Crippen LogP contribution is 2.41. The molecular weight excluding hydrogens is 436 g/mol. The van der Waals surface area contributed by atoms with Gasteiger partial charge in [0.25, 0.3) is 0 Å². The molecule has 0 spiro atoms. The van der Waals surface area contributed by atoms with E-state index < -0.39 is 60.1 Å². The van der Waals surface area contributed by atoms with E-state index >= 15 is 0 Å². The first kappa shape index (κ1) is 29.0. The topological polar surface area (TPSA) is 206 Å². The summed E-state index contributed by atoms with van der Waals surface area (Å²) in [4.78, 5) is 36.6. The van der Waals surface area contributed by atoms with E-state index in [1.807, 2.05) is 0 Å². The minimum absolute atomic E-state index is 0.0293. The molecule has 0 aromatic heterocycles. The molecule has 12 nitrogen and oxygen atoms in total. The van der Waals surface area contributed by atoms with E-state index in [-0.39, 0.29) is 12.8 Å². The zero-order valence-electron chi connectivity index (χ0n) is 19.7. The third kappa shape index (κ3) is 7.24. The van der Waals surface area contributed by atoms with Crippen molar-refractivity contribution in [2.45, 2.75) is 95.5 Å². The van der Waals surface area contributed by atoms with E-state index in [0.29, 0.717) is 19.5 Å². The Hall–Kier alpha value is -1.99. The molecule has 2 amide bonds. The van der Waals surface area contributed by atoms with Crippen LogP contribution in [0.5, 0.6) is 0 Å². The number of carbonyl (C=O) groups excluding carboxylic acids is 2. The number of nitrogens with one attached hydrogen (secondary N) is 2. The Balaban J connectivity index is 3.16. The van der Waals surface area contributed by atoms with Gasteiger partial charge in [0, 0.05) is 25.4 Å². The second kappa shape index (κ2) is 13.7. The van der Waals surface area contributed by atoms with Crippen molar-refractivity contribution < 1.29 is 39.2 Å². The van der Waals surface area contributed by atoms with Gasteiger partial charge in [0.1, 0.15) is 6.04 Å². The fraction of sp³-hybridized carbons (Fsp3) is 0.857. The Morgan fingerprint density at radius 1 is 1.12 bits per heavy atom. The maximum Gasteiger partial charge on any atom is 0.409 e. The lowest BCUT2D eigenvalue weighted by atomic mass is 9.69. The first-order valence-electron chi connectivity index (χ1n) is 11.5. The second-order valence-electron chi connectivity index (χ2n) is 8.35. The number of aliphatic carboxylic acids is 1. The fourth-order valence-corrected chi connectivity index (χ4v) is 4.23. The normalized spacial score (nSPS) is 29.1. The highest BCUT2D eigenvalue weighted by Gasteiger charge is 2.64. The summed E-state index contributed by atoms with van der Waals surface area (Å²) in [6.45, 7) is 5.30. The van der Waals surface area contributed by atoms with Gasteiger partial charge in [-0.1, -0.05) is 26.7 Å². The number of aliphatic hydroxyl groups is 2. The third-order valence-electron chi connectivity index (χ3n) is 5.97. The Labute approximate surface area is 194 Å². The van der Waals surface area contributed by atoms with Crippen LogP contribution in [0, 0.1) is 5.92 Å². The predicted octanol–water partition coefficient (Wildman–Crippen LogP) is -0.599. The fourth-order valence-electron chi connectivity index (χ4n) is 4.23. The van der Waals surface area contributed by atoms with Gasteiger partial charge in [-0.2, -0.15) is 0 Å². The average Bonchev–Trinajstić information content (AvgIpc) is 2.76. The molecule has 192 valence electrons. The van der Waals surface area contributed by atoms with Crippen LogP contribution in [-0.4, -0.2) is 82.6 Å². The number of hydrogen-bond acceptors (Lipinski definition) is 9. The molecule has 1 aliphatic heterocycles. The van der Waals surface area contributed by atoms with Crippen LogP contribution in [0.3, 0.4) is 0 Å². The summed E-state index contributed by atoms with van der Waals surface area (Å²) in [5, 5.41) is 36.5. The summed E-state index contributed by atoms with van der Waals surface area (Å²) in [7, 11) is 0. The van der Waals surface area contributed by atoms with Crippen LogP contribution < -0.4 is 22.1 Å². The summed E-state index contributed by atoms with van der Waals surface area (Å²) in [6, 6.07) is -2.36. The monoisotopic (exact) mass is 476 g/mol. The highest BCUT2D eigenvalue weighted by atomic mass is 16.7. The molecule has 9 N–H and O–H groups in total. The predicted molar refractivity (Wildman–Crippen MR) is 119 cm³/mol. The van der Waals surface area contributed by atoms with E-state index in [9.17, 15) is 29.7 Å². The van der Waals surface area contributed by atoms with Crippen molar-refractivity contribution in [1.82, 2.24) is 10.6 Å². The Morgan fingerprint density at radius 2 is 1.76 bits per heavy atom. The van der Waals surface area contributed by atoms with Crippen LogP contribution in [0.1, 0.15) is 59.3 Å². The summed E-state index contributed by atoms with van der Waals surface area (Å²) < 4.78 is 11.1. The molecule has 0 bridgehead atoms. The number of carboxylic acids is 1. The molecule has 0 aromatic carbocycles. The van der Waals surface area contributed by atoms with Gasteiger partial charge in [0.2, 0.25) is 17.8 Å². The van der Waals surface area contributed by atoms with E-state index in [1.54, 1.807) is 13.8 Å². The number of unbranched alkanes of at least 4 members (excludes halogenated alkanes) is 3. The molecule has 1 heterocycles. The van der Waals surface area contributed by atoms with Gasteiger partial charge in [0.05, 0.1) is 12.2 Å². The smallest absolute Gasteiger partial charge is 0.409 e. The minimum Gasteiger partial charge on any atom is -0.479 e. The van der Waals surface area contributed by atoms with Gasteiger partial charge >= 0.3 is 12.1 Å². The van der Waals surface area contributed by atoms with Crippen LogP contribution in [0.25, 0.3) is 0 Å². The molecule has 0 aliphatic carbocycles. The third-order valence-corrected chi connectivity index (χ3v) is 5.97. The second-order valence-corrected chi connectivity index (χ2v) is 8.35. The van der Waals surface area contributed by atoms with E-state index in [0.717, 1.165) is 19.3 Å². The van der Waals surface area contributed by atoms with Crippen LogP contribution in [0.2, 0.25) is 0 Å². The first-order valence-corrected chi connectivity index (χ1v) is 11.5. The Kier molecular flexibility index (Phi) is 12.0. The molecular formula is C21H40N4O8. The van der Waals surface area contributed by atoms with Crippen molar-refractivity contribution >= 4 is 18.0 Å². The number of ether oxygens (including phenoxy) is 2. The number of aliphatic hydroxyl groups excluding tert-OH is 2. The maximum absolute atomic E-state index is 12.4. The van der Waals surface area contributed by atoms with Crippen LogP contribution in [-0.2, 0) is 19.1 Å². The van der Waals surface area contributed by atoms with Crippen molar-refractivity contribution in [3.05, 3.63) is 0 Å². The van der Waals surface area contributed by atoms with E-state index in [4.69, 9.17) is 20.9 Å². The lowest BCUT2D eigenvalue weighted by Crippen LogP contribution is -2.76. The van der Waals surface area contributed by atoms with Crippen molar-refractivity contribution in [3.8, 4) is 0 Å². The minimum atomic E-state index is -2.36. The molecule has 0 aromatic rings. The number of alkyl carbamates (subject to hydrolysis) is 1. The van der Waals surface area contributed by atoms with Gasteiger partial charge in [-0.3, -0.25) is 4.79 Å². The Morgan fingerprint density at radius 3 is 2.27 bits per heavy atom. The first-order chi connectivity index (χ1) is 15.6. The Bertz CT molecular complexity index is 652. The van der Waals surface area contributed by atoms with Gasteiger partial charge in [-0.15, -0.1) is 0 Å². The van der Waals surface area contributed by atoms with E-state index in [2.05, 4.69) is 10.6 Å². The molecule has 7 atom stereocenters. The van der Waals surface area contributed by atoms with E-state index in [1.165, 1.54) is 6.92 Å². The standard InChI is InChI=1S/C21H40N4O8/c1-4-13(27)15-16(23)17(25-12(3)26)18(33-21(15,19(29)30)14(28)5-2)32-20(31)24-11-9-7-6-8-10-22/h13-18,27-28H,4-11,22-23H2,1-3H3,(H,24,31)(H,25,26)(H,29,30)/t13?,14?,15?,16-,17+,18-,21?/m0/s1. The molecule has 0 saturated carbocycles. The van der Waals surface area contributed by atoms with Crippen molar-refractivity contribution in [3.63, 3.8) is 0 Å². The summed E-state index contributed by atoms with van der Waals surface area (Å²) in [5.41, 5.74) is 9.43. The molecule has 33 heavy (non-hydrogen) atoms. The summed E-state index contributed by atoms with van der Waals surface area (Å²) >= 11 is 0. The summed E-state index contributed by atoms with van der Waals surface area (Å²) in [5.74, 6) is -3.37. The summed E-state index contributed by atoms with van der Waals surface area (Å²) in [6.07, 6.45) is -1.88. The zero-order chi connectivity index (χ0) is 25.2. The zero-order valence-corrected chi connectivity index (χ0v) is 19.7. The number of rotatable bonds is 13. The lowest BCUT2D eigenvalue weighted by Gasteiger charge is -2.52. The number of nitrogens with two attached hydrogens (primary N) is 2. The molecule has 12 heteroatoms. The van der Waals surface area contributed by atoms with Crippen molar-refractivity contribution in [2.75, 3.05) is 13.1 Å². The largest absolute Gasteiger partial charge is 0.479 e. The number of carboxylic acid groups (broad SMARTS) is 1. The van der Waals surface area contributed by atoms with Crippen molar-refractivity contribution in [2.24, 2.45) is 17.4 Å². The number of amides is 2. The van der Waals surface area contributed by atoms with Crippen LogP contribution in [0.15, 0.2) is 0 Å². The van der Waals surface area contributed by atoms with Gasteiger partial charge in [0.15, 0.2) is 0 Å². The average molecular weight is 477 g/mol. The highest BCUT2D eigenvalue weighted by molar-refractivity contribution is 5.80. The molecule has 1 saturated heterocycles.